The Morgan fingerprint density at radius 3 is 2.37 bits per heavy atom. The van der Waals surface area contributed by atoms with E-state index >= 15 is 0 Å². The normalized spacial score (nSPS) is 18.9. The first-order valence-corrected chi connectivity index (χ1v) is 11.2. The number of ether oxygens (including phenoxy) is 1. The molecule has 7 heteroatoms. The fourth-order valence-corrected chi connectivity index (χ4v) is 4.22. The van der Waals surface area contributed by atoms with Crippen molar-refractivity contribution >= 4 is 11.9 Å². The second-order valence-electron chi connectivity index (χ2n) is 8.44. The SMILES string of the molecule is COc1ccc(CN=C(NCC(=O)N(C)C)N2CCN(C3CCCCC3)CC2)cc1. The Labute approximate surface area is 181 Å². The van der Waals surface area contributed by atoms with Gasteiger partial charge in [-0.05, 0) is 30.5 Å². The molecule has 1 aliphatic carbocycles. The Kier molecular flexibility index (Phi) is 8.37. The van der Waals surface area contributed by atoms with Gasteiger partial charge in [0.25, 0.3) is 0 Å². The van der Waals surface area contributed by atoms with E-state index in [0.717, 1.165) is 49.5 Å². The number of nitrogens with zero attached hydrogens (tertiary/aromatic N) is 4. The van der Waals surface area contributed by atoms with Crippen LogP contribution in [0.3, 0.4) is 0 Å². The highest BCUT2D eigenvalue weighted by molar-refractivity contribution is 5.86. The van der Waals surface area contributed by atoms with Gasteiger partial charge in [-0.2, -0.15) is 0 Å². The van der Waals surface area contributed by atoms with Gasteiger partial charge in [0.05, 0.1) is 20.2 Å². The molecular weight excluding hydrogens is 378 g/mol. The number of carbonyl (C=O) groups is 1. The molecule has 1 saturated heterocycles. The molecule has 7 nitrogen and oxygen atoms in total. The van der Waals surface area contributed by atoms with Gasteiger partial charge >= 0.3 is 0 Å². The minimum atomic E-state index is 0.0491. The Morgan fingerprint density at radius 1 is 1.10 bits per heavy atom. The van der Waals surface area contributed by atoms with E-state index in [1.54, 1.807) is 26.1 Å². The van der Waals surface area contributed by atoms with Crippen molar-refractivity contribution in [1.82, 2.24) is 20.0 Å². The van der Waals surface area contributed by atoms with Crippen LogP contribution in [0.25, 0.3) is 0 Å². The molecule has 2 aliphatic rings. The van der Waals surface area contributed by atoms with Crippen molar-refractivity contribution in [3.05, 3.63) is 29.8 Å². The molecule has 30 heavy (non-hydrogen) atoms. The number of carbonyl (C=O) groups excluding carboxylic acids is 1. The maximum Gasteiger partial charge on any atom is 0.241 e. The molecule has 0 radical (unpaired) electrons. The van der Waals surface area contributed by atoms with Gasteiger partial charge in [-0.1, -0.05) is 31.4 Å². The summed E-state index contributed by atoms with van der Waals surface area (Å²) in [6.07, 6.45) is 6.81. The lowest BCUT2D eigenvalue weighted by Crippen LogP contribution is -2.55. The van der Waals surface area contributed by atoms with Crippen LogP contribution in [0.5, 0.6) is 5.75 Å². The molecule has 0 spiro atoms. The van der Waals surface area contributed by atoms with Crippen LogP contribution < -0.4 is 10.1 Å². The lowest BCUT2D eigenvalue weighted by Gasteiger charge is -2.41. The summed E-state index contributed by atoms with van der Waals surface area (Å²) in [5.41, 5.74) is 1.12. The zero-order valence-corrected chi connectivity index (χ0v) is 18.8. The summed E-state index contributed by atoms with van der Waals surface area (Å²) in [5, 5.41) is 3.30. The van der Waals surface area contributed by atoms with Crippen LogP contribution in [0.2, 0.25) is 0 Å². The van der Waals surface area contributed by atoms with Crippen molar-refractivity contribution in [3.8, 4) is 5.75 Å². The van der Waals surface area contributed by atoms with Crippen LogP contribution in [-0.2, 0) is 11.3 Å². The Bertz CT molecular complexity index is 690. The van der Waals surface area contributed by atoms with Crippen molar-refractivity contribution in [2.45, 2.75) is 44.7 Å². The lowest BCUT2D eigenvalue weighted by atomic mass is 9.94. The monoisotopic (exact) mass is 415 g/mol. The first-order valence-electron chi connectivity index (χ1n) is 11.2. The van der Waals surface area contributed by atoms with Crippen LogP contribution in [-0.4, -0.2) is 86.5 Å². The van der Waals surface area contributed by atoms with E-state index in [-0.39, 0.29) is 12.5 Å². The summed E-state index contributed by atoms with van der Waals surface area (Å²) in [7, 11) is 5.23. The van der Waals surface area contributed by atoms with E-state index in [2.05, 4.69) is 15.1 Å². The number of hydrogen-bond donors (Lipinski definition) is 1. The number of amides is 1. The summed E-state index contributed by atoms with van der Waals surface area (Å²) in [6, 6.07) is 8.73. The maximum absolute atomic E-state index is 12.1. The number of benzene rings is 1. The highest BCUT2D eigenvalue weighted by Crippen LogP contribution is 2.23. The molecule has 0 unspecified atom stereocenters. The molecule has 0 bridgehead atoms. The molecule has 1 N–H and O–H groups in total. The van der Waals surface area contributed by atoms with Crippen LogP contribution in [0, 0.1) is 0 Å². The largest absolute Gasteiger partial charge is 0.497 e. The van der Waals surface area contributed by atoms with Crippen LogP contribution >= 0.6 is 0 Å². The molecule has 1 aromatic rings. The molecule has 1 heterocycles. The highest BCUT2D eigenvalue weighted by Gasteiger charge is 2.26. The standard InChI is InChI=1S/C23H37N5O2/c1-26(2)22(29)18-25-23(24-17-19-9-11-21(30-3)12-10-19)28-15-13-27(14-16-28)20-7-5-4-6-8-20/h9-12,20H,4-8,13-18H2,1-3H3,(H,24,25). The number of piperazine rings is 1. The molecule has 2 fully saturated rings. The molecule has 1 aromatic carbocycles. The number of nitrogens with one attached hydrogen (secondary N) is 1. The Hall–Kier alpha value is -2.28. The van der Waals surface area contributed by atoms with E-state index in [1.165, 1.54) is 32.1 Å². The first-order chi connectivity index (χ1) is 14.6. The van der Waals surface area contributed by atoms with Crippen LogP contribution in [0.15, 0.2) is 29.3 Å². The average molecular weight is 416 g/mol. The Balaban J connectivity index is 1.62. The number of aliphatic imine (C=N–C) groups is 1. The average Bonchev–Trinajstić information content (AvgIpc) is 2.80. The molecule has 0 aromatic heterocycles. The van der Waals surface area contributed by atoms with Gasteiger partial charge < -0.3 is 19.9 Å². The van der Waals surface area contributed by atoms with Gasteiger partial charge in [0.15, 0.2) is 5.96 Å². The zero-order chi connectivity index (χ0) is 21.3. The van der Waals surface area contributed by atoms with Crippen molar-refractivity contribution in [2.24, 2.45) is 4.99 Å². The van der Waals surface area contributed by atoms with Gasteiger partial charge in [0.2, 0.25) is 5.91 Å². The minimum Gasteiger partial charge on any atom is -0.497 e. The second kappa shape index (κ2) is 11.2. The molecular formula is C23H37N5O2. The Morgan fingerprint density at radius 2 is 1.77 bits per heavy atom. The molecule has 166 valence electrons. The summed E-state index contributed by atoms with van der Waals surface area (Å²) in [4.78, 5) is 23.5. The number of methoxy groups -OCH3 is 1. The third-order valence-corrected chi connectivity index (χ3v) is 6.17. The maximum atomic E-state index is 12.1. The third-order valence-electron chi connectivity index (χ3n) is 6.17. The number of rotatable bonds is 6. The fraction of sp³-hybridized carbons (Fsp3) is 0.652. The molecule has 3 rings (SSSR count). The lowest BCUT2D eigenvalue weighted by molar-refractivity contribution is -0.127. The van der Waals surface area contributed by atoms with E-state index in [1.807, 2.05) is 24.3 Å². The van der Waals surface area contributed by atoms with E-state index in [0.29, 0.717) is 6.54 Å². The topological polar surface area (TPSA) is 60.4 Å². The fourth-order valence-electron chi connectivity index (χ4n) is 4.22. The number of guanidine groups is 1. The van der Waals surface area contributed by atoms with E-state index in [9.17, 15) is 4.79 Å². The molecule has 1 amide bonds. The summed E-state index contributed by atoms with van der Waals surface area (Å²) >= 11 is 0. The summed E-state index contributed by atoms with van der Waals surface area (Å²) in [5.74, 6) is 1.72. The quantitative estimate of drug-likeness (QED) is 0.570. The second-order valence-corrected chi connectivity index (χ2v) is 8.44. The molecule has 1 aliphatic heterocycles. The predicted octanol–water partition coefficient (Wildman–Crippen LogP) is 2.18. The number of hydrogen-bond acceptors (Lipinski definition) is 4. The van der Waals surface area contributed by atoms with E-state index in [4.69, 9.17) is 9.73 Å². The first kappa shape index (κ1) is 22.4. The van der Waals surface area contributed by atoms with Gasteiger partial charge in [-0.15, -0.1) is 0 Å². The smallest absolute Gasteiger partial charge is 0.241 e. The third kappa shape index (κ3) is 6.36. The van der Waals surface area contributed by atoms with Crippen LogP contribution in [0.1, 0.15) is 37.7 Å². The van der Waals surface area contributed by atoms with E-state index < -0.39 is 0 Å². The molecule has 1 saturated carbocycles. The van der Waals surface area contributed by atoms with Crippen LogP contribution in [0.4, 0.5) is 0 Å². The van der Waals surface area contributed by atoms with Gasteiger partial charge in [-0.25, -0.2) is 4.99 Å². The van der Waals surface area contributed by atoms with Crippen molar-refractivity contribution in [1.29, 1.82) is 0 Å². The van der Waals surface area contributed by atoms with Gasteiger partial charge in [0.1, 0.15) is 5.75 Å². The number of likely N-dealkylation sites (N-methyl/N-ethyl adjacent to an activating group) is 1. The van der Waals surface area contributed by atoms with Crippen molar-refractivity contribution in [3.63, 3.8) is 0 Å². The van der Waals surface area contributed by atoms with Gasteiger partial charge in [-0.3, -0.25) is 9.69 Å². The van der Waals surface area contributed by atoms with Crippen molar-refractivity contribution < 1.29 is 9.53 Å². The summed E-state index contributed by atoms with van der Waals surface area (Å²) < 4.78 is 5.23. The minimum absolute atomic E-state index is 0.0491. The highest BCUT2D eigenvalue weighted by atomic mass is 16.5. The summed E-state index contributed by atoms with van der Waals surface area (Å²) in [6.45, 7) is 4.86. The van der Waals surface area contributed by atoms with Crippen molar-refractivity contribution in [2.75, 3.05) is 53.9 Å². The predicted molar refractivity (Wildman–Crippen MR) is 121 cm³/mol. The van der Waals surface area contributed by atoms with Gasteiger partial charge in [0, 0.05) is 46.3 Å². The zero-order valence-electron chi connectivity index (χ0n) is 18.8. The molecule has 0 atom stereocenters.